The van der Waals surface area contributed by atoms with Crippen LogP contribution in [0.1, 0.15) is 76.0 Å². The molecule has 0 radical (unpaired) electrons. The first-order chi connectivity index (χ1) is 11.1. The maximum Gasteiger partial charge on any atom is 0.309 e. The van der Waals surface area contributed by atoms with Crippen molar-refractivity contribution in [2.75, 3.05) is 11.5 Å². The van der Waals surface area contributed by atoms with E-state index in [1.165, 1.54) is 11.1 Å². The molecular formula is C20H30N2O2. The van der Waals surface area contributed by atoms with Crippen LogP contribution in [0.4, 0.5) is 11.4 Å². The molecule has 2 aliphatic carbocycles. The van der Waals surface area contributed by atoms with Crippen molar-refractivity contribution in [1.29, 1.82) is 0 Å². The fourth-order valence-electron chi connectivity index (χ4n) is 5.59. The Hall–Kier alpha value is -1.71. The van der Waals surface area contributed by atoms with Crippen molar-refractivity contribution in [2.45, 2.75) is 71.1 Å². The van der Waals surface area contributed by atoms with Crippen molar-refractivity contribution >= 4 is 17.3 Å². The first kappa shape index (κ1) is 17.1. The van der Waals surface area contributed by atoms with Gasteiger partial charge in [0.25, 0.3) is 0 Å². The van der Waals surface area contributed by atoms with Crippen LogP contribution < -0.4 is 11.5 Å². The van der Waals surface area contributed by atoms with Crippen LogP contribution in [0.25, 0.3) is 0 Å². The van der Waals surface area contributed by atoms with Crippen molar-refractivity contribution in [2.24, 2.45) is 11.3 Å². The first-order valence-corrected chi connectivity index (χ1v) is 9.07. The van der Waals surface area contributed by atoms with Crippen LogP contribution in [0.2, 0.25) is 0 Å². The summed E-state index contributed by atoms with van der Waals surface area (Å²) in [5.41, 5.74) is 17.1. The van der Waals surface area contributed by atoms with Gasteiger partial charge < -0.3 is 16.6 Å². The molecule has 1 aromatic rings. The minimum Gasteiger partial charge on any atom is -0.481 e. The predicted octanol–water partition coefficient (Wildman–Crippen LogP) is 4.07. The molecule has 1 saturated carbocycles. The zero-order valence-corrected chi connectivity index (χ0v) is 15.3. The summed E-state index contributed by atoms with van der Waals surface area (Å²) in [5.74, 6) is -0.245. The molecule has 132 valence electrons. The fraction of sp³-hybridized carbons (Fsp3) is 0.650. The van der Waals surface area contributed by atoms with E-state index in [9.17, 15) is 9.90 Å². The SMILES string of the molecule is CC(C)c1c(N)cc2c(c1N)CC[C@H]1[C@](C)(C(=O)O)CCC[C@]21C. The lowest BCUT2D eigenvalue weighted by atomic mass is 9.49. The van der Waals surface area contributed by atoms with Crippen LogP contribution in [-0.4, -0.2) is 11.1 Å². The molecule has 24 heavy (non-hydrogen) atoms. The van der Waals surface area contributed by atoms with Gasteiger partial charge in [0.05, 0.1) is 5.41 Å². The van der Waals surface area contributed by atoms with Gasteiger partial charge in [-0.1, -0.05) is 27.2 Å². The van der Waals surface area contributed by atoms with E-state index in [0.717, 1.165) is 49.0 Å². The molecule has 4 heteroatoms. The minimum atomic E-state index is -0.665. The van der Waals surface area contributed by atoms with E-state index in [-0.39, 0.29) is 17.3 Å². The quantitative estimate of drug-likeness (QED) is 0.713. The van der Waals surface area contributed by atoms with Crippen LogP contribution in [0, 0.1) is 11.3 Å². The fourth-order valence-corrected chi connectivity index (χ4v) is 5.59. The van der Waals surface area contributed by atoms with Gasteiger partial charge in [-0.2, -0.15) is 0 Å². The van der Waals surface area contributed by atoms with Gasteiger partial charge in [0, 0.05) is 16.9 Å². The number of hydrogen-bond donors (Lipinski definition) is 3. The molecular weight excluding hydrogens is 300 g/mol. The molecule has 0 amide bonds. The van der Waals surface area contributed by atoms with Crippen LogP contribution in [0.15, 0.2) is 6.07 Å². The molecule has 0 saturated heterocycles. The number of fused-ring (bicyclic) bond motifs is 3. The lowest BCUT2D eigenvalue weighted by molar-refractivity contribution is -0.157. The second kappa shape index (κ2) is 5.40. The minimum absolute atomic E-state index is 0.132. The summed E-state index contributed by atoms with van der Waals surface area (Å²) in [6, 6.07) is 2.10. The van der Waals surface area contributed by atoms with Crippen LogP contribution in [0.5, 0.6) is 0 Å². The van der Waals surface area contributed by atoms with E-state index < -0.39 is 11.4 Å². The molecule has 4 nitrogen and oxygen atoms in total. The number of rotatable bonds is 2. The van der Waals surface area contributed by atoms with Crippen LogP contribution in [0.3, 0.4) is 0 Å². The number of hydrogen-bond acceptors (Lipinski definition) is 3. The number of nitrogens with two attached hydrogens (primary N) is 2. The Morgan fingerprint density at radius 3 is 2.54 bits per heavy atom. The summed E-state index contributed by atoms with van der Waals surface area (Å²) in [6.07, 6.45) is 4.43. The van der Waals surface area contributed by atoms with Crippen molar-refractivity contribution in [3.63, 3.8) is 0 Å². The van der Waals surface area contributed by atoms with E-state index in [2.05, 4.69) is 26.8 Å². The Morgan fingerprint density at radius 1 is 1.29 bits per heavy atom. The van der Waals surface area contributed by atoms with Crippen LogP contribution in [-0.2, 0) is 16.6 Å². The molecule has 5 N–H and O–H groups in total. The summed E-state index contributed by atoms with van der Waals surface area (Å²) < 4.78 is 0. The van der Waals surface area contributed by atoms with Crippen molar-refractivity contribution < 1.29 is 9.90 Å². The van der Waals surface area contributed by atoms with Gasteiger partial charge >= 0.3 is 5.97 Å². The van der Waals surface area contributed by atoms with E-state index in [4.69, 9.17) is 11.5 Å². The molecule has 0 heterocycles. The topological polar surface area (TPSA) is 89.3 Å². The summed E-state index contributed by atoms with van der Waals surface area (Å²) in [6.45, 7) is 8.38. The highest BCUT2D eigenvalue weighted by molar-refractivity contribution is 5.76. The Kier molecular flexibility index (Phi) is 3.85. The molecule has 3 atom stereocenters. The summed E-state index contributed by atoms with van der Waals surface area (Å²) in [4.78, 5) is 12.0. The van der Waals surface area contributed by atoms with Gasteiger partial charge in [0.1, 0.15) is 0 Å². The second-order valence-corrected chi connectivity index (χ2v) is 8.56. The molecule has 0 bridgehead atoms. The second-order valence-electron chi connectivity index (χ2n) is 8.56. The number of nitrogen functional groups attached to an aromatic ring is 2. The zero-order valence-electron chi connectivity index (χ0n) is 15.3. The highest BCUT2D eigenvalue weighted by Crippen LogP contribution is 2.58. The Balaban J connectivity index is 2.19. The smallest absolute Gasteiger partial charge is 0.309 e. The molecule has 0 aliphatic heterocycles. The lowest BCUT2D eigenvalue weighted by Crippen LogP contribution is -2.52. The average molecular weight is 330 g/mol. The Bertz CT molecular complexity index is 697. The van der Waals surface area contributed by atoms with E-state index >= 15 is 0 Å². The molecule has 0 unspecified atom stereocenters. The Morgan fingerprint density at radius 2 is 1.96 bits per heavy atom. The number of carbonyl (C=O) groups is 1. The van der Waals surface area contributed by atoms with Gasteiger partial charge in [0.2, 0.25) is 0 Å². The molecule has 2 aliphatic rings. The highest BCUT2D eigenvalue weighted by Gasteiger charge is 2.55. The van der Waals surface area contributed by atoms with Gasteiger partial charge in [-0.15, -0.1) is 0 Å². The van der Waals surface area contributed by atoms with Crippen molar-refractivity contribution in [3.8, 4) is 0 Å². The largest absolute Gasteiger partial charge is 0.481 e. The number of carboxylic acids is 1. The monoisotopic (exact) mass is 330 g/mol. The number of anilines is 2. The van der Waals surface area contributed by atoms with Gasteiger partial charge in [-0.25, -0.2) is 0 Å². The van der Waals surface area contributed by atoms with Gasteiger partial charge in [-0.05, 0) is 67.1 Å². The van der Waals surface area contributed by atoms with Crippen LogP contribution >= 0.6 is 0 Å². The van der Waals surface area contributed by atoms with E-state index in [0.29, 0.717) is 0 Å². The third kappa shape index (κ3) is 2.15. The highest BCUT2D eigenvalue weighted by atomic mass is 16.4. The van der Waals surface area contributed by atoms with Gasteiger partial charge in [0.15, 0.2) is 0 Å². The maximum absolute atomic E-state index is 12.0. The predicted molar refractivity (Wildman–Crippen MR) is 98.1 cm³/mol. The first-order valence-electron chi connectivity index (χ1n) is 9.07. The molecule has 1 fully saturated rings. The number of aliphatic carboxylic acids is 1. The van der Waals surface area contributed by atoms with Crippen molar-refractivity contribution in [3.05, 3.63) is 22.8 Å². The number of carboxylic acid groups (broad SMARTS) is 1. The average Bonchev–Trinajstić information content (AvgIpc) is 2.47. The van der Waals surface area contributed by atoms with Crippen molar-refractivity contribution in [1.82, 2.24) is 0 Å². The van der Waals surface area contributed by atoms with Gasteiger partial charge in [-0.3, -0.25) is 4.79 Å². The summed E-state index contributed by atoms with van der Waals surface area (Å²) >= 11 is 0. The van der Waals surface area contributed by atoms with E-state index in [1.54, 1.807) is 0 Å². The zero-order chi connectivity index (χ0) is 17.9. The molecule has 1 aromatic carbocycles. The standard InChI is InChI=1S/C20H30N2O2/c1-11(2)16-14(21)10-13-12(17(16)22)6-7-15-19(13,3)8-5-9-20(15,4)18(23)24/h10-11,15H,5-9,21-22H2,1-4H3,(H,23,24)/t15-,19-,20-/m1/s1. The summed E-state index contributed by atoms with van der Waals surface area (Å²) in [5, 5.41) is 9.88. The number of benzene rings is 1. The molecule has 0 aromatic heterocycles. The summed E-state index contributed by atoms with van der Waals surface area (Å²) in [7, 11) is 0. The maximum atomic E-state index is 12.0. The molecule has 0 spiro atoms. The third-order valence-electron chi connectivity index (χ3n) is 6.85. The lowest BCUT2D eigenvalue weighted by Gasteiger charge is -2.54. The molecule has 3 rings (SSSR count). The van der Waals surface area contributed by atoms with E-state index in [1.807, 2.05) is 6.92 Å². The Labute approximate surface area is 144 Å². The normalized spacial score (nSPS) is 32.3. The third-order valence-corrected chi connectivity index (χ3v) is 6.85.